The highest BCUT2D eigenvalue weighted by Gasteiger charge is 2.01. The second kappa shape index (κ2) is 4.96. The first kappa shape index (κ1) is 11.0. The third kappa shape index (κ3) is 3.34. The van der Waals surface area contributed by atoms with E-state index in [0.717, 1.165) is 11.3 Å². The van der Waals surface area contributed by atoms with E-state index in [-0.39, 0.29) is 11.9 Å². The van der Waals surface area contributed by atoms with E-state index in [4.69, 9.17) is 0 Å². The molecule has 0 aliphatic heterocycles. The van der Waals surface area contributed by atoms with Gasteiger partial charge in [0.2, 0.25) is 0 Å². The van der Waals surface area contributed by atoms with Crippen LogP contribution in [0.5, 0.6) is 0 Å². The molecule has 2 N–H and O–H groups in total. The van der Waals surface area contributed by atoms with Gasteiger partial charge in [-0.1, -0.05) is 6.92 Å². The van der Waals surface area contributed by atoms with E-state index < -0.39 is 0 Å². The maximum Gasteiger partial charge on any atom is 0.125 e. The average molecular weight is 197 g/mol. The van der Waals surface area contributed by atoms with E-state index in [9.17, 15) is 9.50 Å². The molecule has 78 valence electrons. The number of benzene rings is 1. The molecule has 2 nitrogen and oxygen atoms in total. The Kier molecular flexibility index (Phi) is 3.89. The van der Waals surface area contributed by atoms with Crippen LogP contribution in [0.2, 0.25) is 0 Å². The predicted octanol–water partition coefficient (Wildman–Crippen LogP) is 2.32. The van der Waals surface area contributed by atoms with E-state index in [2.05, 4.69) is 5.32 Å². The lowest BCUT2D eigenvalue weighted by molar-refractivity contribution is 0.183. The van der Waals surface area contributed by atoms with Gasteiger partial charge in [-0.25, -0.2) is 4.39 Å². The van der Waals surface area contributed by atoms with E-state index in [1.54, 1.807) is 0 Å². The summed E-state index contributed by atoms with van der Waals surface area (Å²) in [6.45, 7) is 4.20. The number of hydrogen-bond acceptors (Lipinski definition) is 2. The number of aliphatic hydroxyl groups is 1. The fourth-order valence-electron chi connectivity index (χ4n) is 1.22. The van der Waals surface area contributed by atoms with Crippen molar-refractivity contribution in [2.75, 3.05) is 11.9 Å². The van der Waals surface area contributed by atoms with Crippen molar-refractivity contribution in [3.8, 4) is 0 Å². The van der Waals surface area contributed by atoms with Crippen LogP contribution in [0.3, 0.4) is 0 Å². The molecule has 0 fully saturated rings. The van der Waals surface area contributed by atoms with E-state index in [1.165, 1.54) is 12.1 Å². The highest BCUT2D eigenvalue weighted by molar-refractivity contribution is 5.46. The Morgan fingerprint density at radius 2 is 2.14 bits per heavy atom. The molecule has 1 aromatic rings. The number of halogens is 1. The van der Waals surface area contributed by atoms with Crippen LogP contribution in [0.4, 0.5) is 10.1 Å². The van der Waals surface area contributed by atoms with Gasteiger partial charge in [0.1, 0.15) is 5.82 Å². The Balaban J connectivity index is 2.58. The predicted molar refractivity (Wildman–Crippen MR) is 55.9 cm³/mol. The van der Waals surface area contributed by atoms with Crippen LogP contribution in [0.15, 0.2) is 18.2 Å². The lowest BCUT2D eigenvalue weighted by atomic mass is 10.2. The van der Waals surface area contributed by atoms with Crippen LogP contribution < -0.4 is 5.32 Å². The number of hydrogen-bond donors (Lipinski definition) is 2. The van der Waals surface area contributed by atoms with E-state index in [1.807, 2.05) is 19.9 Å². The molecule has 0 amide bonds. The Bertz CT molecular complexity index is 281. The van der Waals surface area contributed by atoms with Gasteiger partial charge in [0.15, 0.2) is 0 Å². The van der Waals surface area contributed by atoms with Crippen molar-refractivity contribution >= 4 is 5.69 Å². The normalized spacial score (nSPS) is 12.6. The van der Waals surface area contributed by atoms with Gasteiger partial charge in [0.05, 0.1) is 6.10 Å². The first-order valence-electron chi connectivity index (χ1n) is 4.81. The molecule has 0 unspecified atom stereocenters. The van der Waals surface area contributed by atoms with Crippen molar-refractivity contribution < 1.29 is 9.50 Å². The zero-order valence-corrected chi connectivity index (χ0v) is 8.55. The summed E-state index contributed by atoms with van der Waals surface area (Å²) in [6.07, 6.45) is 0.319. The molecule has 3 heteroatoms. The minimum atomic E-state index is -0.376. The van der Waals surface area contributed by atoms with Crippen LogP contribution in [0, 0.1) is 12.7 Å². The molecule has 0 aromatic heterocycles. The Morgan fingerprint density at radius 1 is 1.43 bits per heavy atom. The first-order chi connectivity index (χ1) is 6.61. The van der Waals surface area contributed by atoms with Crippen molar-refractivity contribution in [3.05, 3.63) is 29.6 Å². The molecule has 1 atom stereocenters. The van der Waals surface area contributed by atoms with Crippen molar-refractivity contribution in [2.45, 2.75) is 26.4 Å². The molecule has 1 rings (SSSR count). The highest BCUT2D eigenvalue weighted by atomic mass is 19.1. The number of rotatable bonds is 4. The molecule has 0 saturated heterocycles. The van der Waals surface area contributed by atoms with Gasteiger partial charge >= 0.3 is 0 Å². The largest absolute Gasteiger partial charge is 0.391 e. The molecule has 0 radical (unpaired) electrons. The third-order valence-corrected chi connectivity index (χ3v) is 2.06. The van der Waals surface area contributed by atoms with Gasteiger partial charge in [-0.2, -0.15) is 0 Å². The maximum absolute atomic E-state index is 12.9. The molecule has 0 heterocycles. The first-order valence-corrected chi connectivity index (χ1v) is 4.81. The molecule has 0 saturated carbocycles. The SMILES string of the molecule is CC[C@H](O)CNc1cc(C)cc(F)c1. The monoisotopic (exact) mass is 197 g/mol. The third-order valence-electron chi connectivity index (χ3n) is 2.06. The highest BCUT2D eigenvalue weighted by Crippen LogP contribution is 2.13. The summed E-state index contributed by atoms with van der Waals surface area (Å²) in [5, 5.41) is 12.3. The summed E-state index contributed by atoms with van der Waals surface area (Å²) in [6, 6.07) is 4.75. The number of aliphatic hydroxyl groups excluding tert-OH is 1. The summed E-state index contributed by atoms with van der Waals surface area (Å²) in [5.41, 5.74) is 1.59. The van der Waals surface area contributed by atoms with Crippen molar-refractivity contribution in [3.63, 3.8) is 0 Å². The zero-order chi connectivity index (χ0) is 10.6. The molecule has 14 heavy (non-hydrogen) atoms. The topological polar surface area (TPSA) is 32.3 Å². The molecule has 1 aromatic carbocycles. The van der Waals surface area contributed by atoms with Crippen LogP contribution >= 0.6 is 0 Å². The second-order valence-electron chi connectivity index (χ2n) is 3.46. The molecule has 0 aliphatic carbocycles. The lowest BCUT2D eigenvalue weighted by Crippen LogP contribution is -2.18. The quantitative estimate of drug-likeness (QED) is 0.776. The van der Waals surface area contributed by atoms with Gasteiger partial charge < -0.3 is 10.4 Å². The van der Waals surface area contributed by atoms with Crippen molar-refractivity contribution in [2.24, 2.45) is 0 Å². The standard InChI is InChI=1S/C11H16FNO/c1-3-11(14)7-13-10-5-8(2)4-9(12)6-10/h4-6,11,13-14H,3,7H2,1-2H3/t11-/m0/s1. The van der Waals surface area contributed by atoms with Crippen LogP contribution in [0.25, 0.3) is 0 Å². The van der Waals surface area contributed by atoms with Crippen LogP contribution in [-0.4, -0.2) is 17.8 Å². The molecular formula is C11H16FNO. The summed E-state index contributed by atoms with van der Waals surface area (Å²) in [7, 11) is 0. The average Bonchev–Trinajstić information content (AvgIpc) is 2.12. The van der Waals surface area contributed by atoms with Gasteiger partial charge in [-0.15, -0.1) is 0 Å². The van der Waals surface area contributed by atoms with Crippen molar-refractivity contribution in [1.29, 1.82) is 0 Å². The van der Waals surface area contributed by atoms with E-state index in [0.29, 0.717) is 13.0 Å². The minimum Gasteiger partial charge on any atom is -0.391 e. The Labute approximate surface area is 83.8 Å². The Hall–Kier alpha value is -1.09. The van der Waals surface area contributed by atoms with Crippen LogP contribution in [-0.2, 0) is 0 Å². The fraction of sp³-hybridized carbons (Fsp3) is 0.455. The smallest absolute Gasteiger partial charge is 0.125 e. The number of anilines is 1. The molecule has 0 spiro atoms. The van der Waals surface area contributed by atoms with Gasteiger partial charge in [0, 0.05) is 12.2 Å². The Morgan fingerprint density at radius 3 is 2.71 bits per heavy atom. The van der Waals surface area contributed by atoms with Gasteiger partial charge in [-0.3, -0.25) is 0 Å². The van der Waals surface area contributed by atoms with Crippen LogP contribution in [0.1, 0.15) is 18.9 Å². The molecule has 0 bridgehead atoms. The molecule has 0 aliphatic rings. The number of nitrogens with one attached hydrogen (secondary N) is 1. The lowest BCUT2D eigenvalue weighted by Gasteiger charge is -2.11. The van der Waals surface area contributed by atoms with Crippen molar-refractivity contribution in [1.82, 2.24) is 0 Å². The summed E-state index contributed by atoms with van der Waals surface area (Å²) in [4.78, 5) is 0. The van der Waals surface area contributed by atoms with Gasteiger partial charge in [0.25, 0.3) is 0 Å². The number of aryl methyl sites for hydroxylation is 1. The summed E-state index contributed by atoms with van der Waals surface area (Å²) >= 11 is 0. The molecular weight excluding hydrogens is 181 g/mol. The van der Waals surface area contributed by atoms with Gasteiger partial charge in [-0.05, 0) is 37.1 Å². The second-order valence-corrected chi connectivity index (χ2v) is 3.46. The minimum absolute atomic E-state index is 0.251. The zero-order valence-electron chi connectivity index (χ0n) is 8.55. The maximum atomic E-state index is 12.9. The fourth-order valence-corrected chi connectivity index (χ4v) is 1.22. The summed E-state index contributed by atoms with van der Waals surface area (Å²) in [5.74, 6) is -0.251. The summed E-state index contributed by atoms with van der Waals surface area (Å²) < 4.78 is 12.9. The van der Waals surface area contributed by atoms with E-state index >= 15 is 0 Å².